The summed E-state index contributed by atoms with van der Waals surface area (Å²) in [6, 6.07) is 7.34. The van der Waals surface area contributed by atoms with Crippen LogP contribution in [0.5, 0.6) is 11.5 Å². The van der Waals surface area contributed by atoms with E-state index in [1.165, 1.54) is 0 Å². The van der Waals surface area contributed by atoms with Crippen molar-refractivity contribution in [2.45, 2.75) is 83.3 Å². The van der Waals surface area contributed by atoms with Crippen molar-refractivity contribution in [2.75, 3.05) is 14.2 Å². The Kier molecular flexibility index (Phi) is 9.09. The first kappa shape index (κ1) is 30.2. The maximum Gasteiger partial charge on any atom is 0.228 e. The SMILES string of the molecule is COc1ccc(OC)c2cc3c(cc12)C(=O)C(O)=C(I)[C@@]3(C)CCC(=O)C#C[Si](C(C)C)(C(C)C)C(C)C. The molecular weight excluding hydrogens is 607 g/mol. The van der Waals surface area contributed by atoms with Crippen molar-refractivity contribution in [2.24, 2.45) is 0 Å². The Balaban J connectivity index is 2.08. The van der Waals surface area contributed by atoms with E-state index in [2.05, 4.69) is 53.0 Å². The number of ether oxygens (including phenoxy) is 2. The van der Waals surface area contributed by atoms with Crippen molar-refractivity contribution >= 4 is 53.0 Å². The maximum atomic E-state index is 13.2. The van der Waals surface area contributed by atoms with Crippen molar-refractivity contribution < 1.29 is 24.2 Å². The summed E-state index contributed by atoms with van der Waals surface area (Å²) in [5, 5.41) is 12.4. The van der Waals surface area contributed by atoms with Crippen LogP contribution < -0.4 is 9.47 Å². The molecule has 0 fully saturated rings. The summed E-state index contributed by atoms with van der Waals surface area (Å²) in [6.07, 6.45) is 0.642. The number of aliphatic hydroxyl groups is 1. The van der Waals surface area contributed by atoms with E-state index in [0.717, 1.165) is 16.3 Å². The minimum absolute atomic E-state index is 0.104. The lowest BCUT2D eigenvalue weighted by Gasteiger charge is -2.38. The van der Waals surface area contributed by atoms with E-state index in [9.17, 15) is 14.7 Å². The molecule has 1 aliphatic rings. The highest BCUT2D eigenvalue weighted by atomic mass is 127. The summed E-state index contributed by atoms with van der Waals surface area (Å²) in [5.41, 5.74) is 5.28. The van der Waals surface area contributed by atoms with Gasteiger partial charge in [0.05, 0.1) is 14.2 Å². The fourth-order valence-electron chi connectivity index (χ4n) is 6.23. The van der Waals surface area contributed by atoms with Gasteiger partial charge in [-0.1, -0.05) is 48.5 Å². The highest BCUT2D eigenvalue weighted by Crippen LogP contribution is 2.49. The molecule has 2 aromatic carbocycles. The molecule has 0 bridgehead atoms. The second-order valence-corrected chi connectivity index (χ2v) is 18.0. The normalized spacial score (nSPS) is 17.7. The summed E-state index contributed by atoms with van der Waals surface area (Å²) in [4.78, 5) is 26.4. The quantitative estimate of drug-likeness (QED) is 0.178. The van der Waals surface area contributed by atoms with E-state index in [1.807, 2.05) is 41.6 Å². The Hall–Kier alpha value is -2.31. The van der Waals surface area contributed by atoms with Crippen LogP contribution in [-0.4, -0.2) is 39.0 Å². The van der Waals surface area contributed by atoms with E-state index in [1.54, 1.807) is 26.4 Å². The predicted octanol–water partition coefficient (Wildman–Crippen LogP) is 8.09. The molecule has 0 saturated carbocycles. The number of carbonyl (C=O) groups excluding carboxylic acids is 2. The van der Waals surface area contributed by atoms with Crippen molar-refractivity contribution in [3.05, 3.63) is 44.7 Å². The number of halogens is 1. The van der Waals surface area contributed by atoms with Crippen molar-refractivity contribution in [1.29, 1.82) is 0 Å². The van der Waals surface area contributed by atoms with E-state index in [0.29, 0.717) is 43.7 Å². The molecule has 7 heteroatoms. The molecule has 0 saturated heterocycles. The zero-order valence-electron chi connectivity index (χ0n) is 23.9. The molecule has 0 aliphatic heterocycles. The maximum absolute atomic E-state index is 13.2. The third-order valence-electron chi connectivity index (χ3n) is 8.40. The fourth-order valence-corrected chi connectivity index (χ4v) is 12.3. The van der Waals surface area contributed by atoms with Crippen LogP contribution in [0, 0.1) is 11.5 Å². The molecule has 1 atom stereocenters. The van der Waals surface area contributed by atoms with E-state index in [-0.39, 0.29) is 18.0 Å². The van der Waals surface area contributed by atoms with Gasteiger partial charge in [0, 0.05) is 31.8 Å². The van der Waals surface area contributed by atoms with Gasteiger partial charge in [0.1, 0.15) is 19.6 Å². The molecule has 1 aliphatic carbocycles. The lowest BCUT2D eigenvalue weighted by atomic mass is 9.71. The molecule has 3 rings (SSSR count). The van der Waals surface area contributed by atoms with E-state index >= 15 is 0 Å². The van der Waals surface area contributed by atoms with Gasteiger partial charge in [0.25, 0.3) is 0 Å². The van der Waals surface area contributed by atoms with Crippen LogP contribution in [0.4, 0.5) is 0 Å². The average Bonchev–Trinajstić information content (AvgIpc) is 2.87. The van der Waals surface area contributed by atoms with Crippen LogP contribution in [0.2, 0.25) is 16.6 Å². The summed E-state index contributed by atoms with van der Waals surface area (Å²) in [6.45, 7) is 15.3. The smallest absolute Gasteiger partial charge is 0.228 e. The number of methoxy groups -OCH3 is 2. The fraction of sp³-hybridized carbons (Fsp3) is 0.484. The third kappa shape index (κ3) is 5.02. The molecule has 0 heterocycles. The Morgan fingerprint density at radius 1 is 1.00 bits per heavy atom. The topological polar surface area (TPSA) is 72.8 Å². The first-order chi connectivity index (χ1) is 17.8. The number of fused-ring (bicyclic) bond motifs is 2. The number of ketones is 2. The van der Waals surface area contributed by atoms with Crippen molar-refractivity contribution in [3.8, 4) is 23.0 Å². The van der Waals surface area contributed by atoms with Crippen molar-refractivity contribution in [3.63, 3.8) is 0 Å². The monoisotopic (exact) mass is 646 g/mol. The van der Waals surface area contributed by atoms with E-state index < -0.39 is 19.3 Å². The molecule has 0 unspecified atom stereocenters. The standard InChI is InChI=1S/C31H39IO5Si/c1-18(2)38(19(3)4,20(5)6)15-13-21(33)12-14-31(7)25-17-23-22(26(36-8)10-11-27(23)37-9)16-24(25)28(34)29(35)30(31)32/h10-11,16-20,35H,12,14H2,1-9H3/t31-/m0/s1. The Morgan fingerprint density at radius 2 is 1.50 bits per heavy atom. The molecule has 0 amide bonds. The van der Waals surface area contributed by atoms with Gasteiger partial charge in [-0.15, -0.1) is 5.54 Å². The van der Waals surface area contributed by atoms with Gasteiger partial charge in [-0.25, -0.2) is 0 Å². The van der Waals surface area contributed by atoms with Gasteiger partial charge in [-0.3, -0.25) is 9.59 Å². The highest BCUT2D eigenvalue weighted by molar-refractivity contribution is 14.1. The average molecular weight is 647 g/mol. The molecule has 2 aromatic rings. The molecule has 5 nitrogen and oxygen atoms in total. The number of aliphatic hydroxyl groups excluding tert-OH is 1. The number of hydrogen-bond donors (Lipinski definition) is 1. The van der Waals surface area contributed by atoms with Gasteiger partial charge in [-0.05, 0) is 81.4 Å². The second kappa shape index (κ2) is 11.4. The largest absolute Gasteiger partial charge is 0.504 e. The number of Topliss-reactive ketones (excluding diaryl/α,β-unsaturated/α-hetero) is 2. The minimum Gasteiger partial charge on any atom is -0.504 e. The van der Waals surface area contributed by atoms with Crippen LogP contribution in [-0.2, 0) is 10.2 Å². The zero-order chi connectivity index (χ0) is 28.6. The van der Waals surface area contributed by atoms with Gasteiger partial charge in [-0.2, -0.15) is 0 Å². The van der Waals surface area contributed by atoms with Crippen LogP contribution in [0.25, 0.3) is 10.8 Å². The van der Waals surface area contributed by atoms with Gasteiger partial charge < -0.3 is 14.6 Å². The molecular formula is C31H39IO5Si. The number of benzene rings is 2. The zero-order valence-corrected chi connectivity index (χ0v) is 27.1. The van der Waals surface area contributed by atoms with Crippen molar-refractivity contribution in [1.82, 2.24) is 0 Å². The number of allylic oxidation sites excluding steroid dienone is 2. The molecule has 204 valence electrons. The lowest BCUT2D eigenvalue weighted by Crippen LogP contribution is -2.43. The van der Waals surface area contributed by atoms with Crippen LogP contribution >= 0.6 is 22.6 Å². The molecule has 1 N–H and O–H groups in total. The summed E-state index contributed by atoms with van der Waals surface area (Å²) in [7, 11) is 1.16. The lowest BCUT2D eigenvalue weighted by molar-refractivity contribution is -0.114. The molecule has 0 aromatic heterocycles. The summed E-state index contributed by atoms with van der Waals surface area (Å²) < 4.78 is 11.7. The summed E-state index contributed by atoms with van der Waals surface area (Å²) in [5.74, 6) is 3.50. The van der Waals surface area contributed by atoms with Crippen LogP contribution in [0.1, 0.15) is 77.2 Å². The molecule has 38 heavy (non-hydrogen) atoms. The van der Waals surface area contributed by atoms with Crippen LogP contribution in [0.15, 0.2) is 33.6 Å². The highest BCUT2D eigenvalue weighted by Gasteiger charge is 2.43. The Bertz CT molecular complexity index is 1340. The summed E-state index contributed by atoms with van der Waals surface area (Å²) >= 11 is 2.05. The second-order valence-electron chi connectivity index (χ2n) is 11.3. The molecule has 0 radical (unpaired) electrons. The first-order valence-corrected chi connectivity index (χ1v) is 16.5. The van der Waals surface area contributed by atoms with E-state index in [4.69, 9.17) is 9.47 Å². The molecule has 0 spiro atoms. The number of hydrogen-bond acceptors (Lipinski definition) is 5. The predicted molar refractivity (Wildman–Crippen MR) is 165 cm³/mol. The Morgan fingerprint density at radius 3 is 1.97 bits per heavy atom. The van der Waals surface area contributed by atoms with Crippen LogP contribution in [0.3, 0.4) is 0 Å². The van der Waals surface area contributed by atoms with Gasteiger partial charge in [0.15, 0.2) is 5.76 Å². The van der Waals surface area contributed by atoms with Gasteiger partial charge in [0.2, 0.25) is 11.6 Å². The minimum atomic E-state index is -2.02. The number of rotatable bonds is 8. The Labute approximate surface area is 241 Å². The number of carbonyl (C=O) groups is 2. The van der Waals surface area contributed by atoms with Gasteiger partial charge >= 0.3 is 0 Å². The first-order valence-electron chi connectivity index (χ1n) is 13.1. The third-order valence-corrected chi connectivity index (χ3v) is 16.4.